The van der Waals surface area contributed by atoms with Crippen LogP contribution in [0, 0.1) is 5.92 Å². The molecule has 1 saturated heterocycles. The molecule has 2 atom stereocenters. The van der Waals surface area contributed by atoms with Crippen molar-refractivity contribution < 1.29 is 14.3 Å². The number of amides is 2. The van der Waals surface area contributed by atoms with Crippen molar-refractivity contribution in [1.29, 1.82) is 0 Å². The van der Waals surface area contributed by atoms with Crippen molar-refractivity contribution in [1.82, 2.24) is 9.80 Å². The molecule has 0 aromatic carbocycles. The van der Waals surface area contributed by atoms with Gasteiger partial charge in [0, 0.05) is 33.9 Å². The molecular formula is C15H30N2O3. The van der Waals surface area contributed by atoms with E-state index in [1.807, 2.05) is 9.80 Å². The Morgan fingerprint density at radius 2 is 1.95 bits per heavy atom. The zero-order valence-corrected chi connectivity index (χ0v) is 13.8. The third-order valence-electron chi connectivity index (χ3n) is 4.47. The first-order valence-electron chi connectivity index (χ1n) is 7.50. The third-order valence-corrected chi connectivity index (χ3v) is 4.47. The van der Waals surface area contributed by atoms with Crippen molar-refractivity contribution in [2.75, 3.05) is 40.5 Å². The van der Waals surface area contributed by atoms with E-state index >= 15 is 0 Å². The van der Waals surface area contributed by atoms with Crippen LogP contribution in [-0.2, 0) is 9.47 Å². The Labute approximate surface area is 123 Å². The highest BCUT2D eigenvalue weighted by Gasteiger charge is 2.46. The summed E-state index contributed by atoms with van der Waals surface area (Å²) in [7, 11) is 3.40. The molecule has 1 aliphatic heterocycles. The van der Waals surface area contributed by atoms with Gasteiger partial charge in [-0.3, -0.25) is 0 Å². The van der Waals surface area contributed by atoms with Gasteiger partial charge < -0.3 is 19.3 Å². The number of ether oxygens (including phenoxy) is 2. The van der Waals surface area contributed by atoms with E-state index in [1.165, 1.54) is 0 Å². The SMILES string of the molecule is CCC(C)(C(OC)C(C)C)N1CCN(CCOC)C1=O. The van der Waals surface area contributed by atoms with Crippen molar-refractivity contribution in [2.45, 2.75) is 45.8 Å². The molecule has 0 spiro atoms. The van der Waals surface area contributed by atoms with Gasteiger partial charge in [0.25, 0.3) is 0 Å². The molecule has 0 aliphatic carbocycles. The molecule has 2 unspecified atom stereocenters. The van der Waals surface area contributed by atoms with Crippen LogP contribution in [0.4, 0.5) is 4.79 Å². The van der Waals surface area contributed by atoms with Gasteiger partial charge in [0.2, 0.25) is 0 Å². The molecule has 1 heterocycles. The lowest BCUT2D eigenvalue weighted by molar-refractivity contribution is -0.0492. The van der Waals surface area contributed by atoms with Crippen molar-refractivity contribution in [3.63, 3.8) is 0 Å². The van der Waals surface area contributed by atoms with E-state index < -0.39 is 0 Å². The van der Waals surface area contributed by atoms with Crippen LogP contribution < -0.4 is 0 Å². The number of urea groups is 1. The zero-order valence-electron chi connectivity index (χ0n) is 13.8. The maximum atomic E-state index is 12.6. The molecule has 118 valence electrons. The van der Waals surface area contributed by atoms with Crippen LogP contribution in [0.1, 0.15) is 34.1 Å². The van der Waals surface area contributed by atoms with Crippen LogP contribution in [-0.4, -0.2) is 67.9 Å². The summed E-state index contributed by atoms with van der Waals surface area (Å²) in [6, 6.07) is 0.106. The van der Waals surface area contributed by atoms with Gasteiger partial charge in [0.15, 0.2) is 0 Å². The molecule has 5 nitrogen and oxygen atoms in total. The molecule has 0 radical (unpaired) electrons. The molecule has 1 rings (SSSR count). The van der Waals surface area contributed by atoms with Crippen molar-refractivity contribution >= 4 is 6.03 Å². The smallest absolute Gasteiger partial charge is 0.320 e. The summed E-state index contributed by atoms with van der Waals surface area (Å²) in [5.41, 5.74) is -0.262. The van der Waals surface area contributed by atoms with Crippen LogP contribution in [0.2, 0.25) is 0 Å². The highest BCUT2D eigenvalue weighted by atomic mass is 16.5. The minimum Gasteiger partial charge on any atom is -0.383 e. The number of rotatable bonds is 8. The fraction of sp³-hybridized carbons (Fsp3) is 0.933. The predicted molar refractivity (Wildman–Crippen MR) is 79.9 cm³/mol. The van der Waals surface area contributed by atoms with Crippen LogP contribution >= 0.6 is 0 Å². The lowest BCUT2D eigenvalue weighted by Gasteiger charge is -2.45. The summed E-state index contributed by atoms with van der Waals surface area (Å²) < 4.78 is 10.8. The molecule has 20 heavy (non-hydrogen) atoms. The number of methoxy groups -OCH3 is 2. The standard InChI is InChI=1S/C15H30N2O3/c1-7-15(4,13(20-6)12(2)3)17-9-8-16(14(17)18)10-11-19-5/h12-13H,7-11H2,1-6H3. The van der Waals surface area contributed by atoms with E-state index in [9.17, 15) is 4.79 Å². The lowest BCUT2D eigenvalue weighted by Crippen LogP contribution is -2.58. The molecule has 2 amide bonds. The Kier molecular flexibility index (Phi) is 6.27. The van der Waals surface area contributed by atoms with Gasteiger partial charge in [-0.15, -0.1) is 0 Å². The van der Waals surface area contributed by atoms with Crippen molar-refractivity contribution in [2.24, 2.45) is 5.92 Å². The fourth-order valence-electron chi connectivity index (χ4n) is 3.26. The van der Waals surface area contributed by atoms with E-state index in [2.05, 4.69) is 27.7 Å². The molecule has 0 bridgehead atoms. The van der Waals surface area contributed by atoms with Crippen LogP contribution in [0.15, 0.2) is 0 Å². The summed E-state index contributed by atoms with van der Waals surface area (Å²) >= 11 is 0. The van der Waals surface area contributed by atoms with Gasteiger partial charge in [-0.1, -0.05) is 20.8 Å². The normalized spacial score (nSPS) is 20.6. The monoisotopic (exact) mass is 286 g/mol. The zero-order chi connectivity index (χ0) is 15.3. The summed E-state index contributed by atoms with van der Waals surface area (Å²) in [4.78, 5) is 16.4. The quantitative estimate of drug-likeness (QED) is 0.687. The van der Waals surface area contributed by atoms with Gasteiger partial charge in [0.05, 0.1) is 18.2 Å². The maximum Gasteiger partial charge on any atom is 0.320 e. The van der Waals surface area contributed by atoms with E-state index in [4.69, 9.17) is 9.47 Å². The van der Waals surface area contributed by atoms with Gasteiger partial charge in [-0.05, 0) is 19.3 Å². The summed E-state index contributed by atoms with van der Waals surface area (Å²) in [6.07, 6.45) is 0.923. The number of hydrogen-bond acceptors (Lipinski definition) is 3. The molecule has 1 aliphatic rings. The average Bonchev–Trinajstić information content (AvgIpc) is 2.78. The first-order valence-corrected chi connectivity index (χ1v) is 7.50. The first-order chi connectivity index (χ1) is 9.42. The Morgan fingerprint density at radius 3 is 2.40 bits per heavy atom. The molecule has 0 aromatic rings. The van der Waals surface area contributed by atoms with Crippen LogP contribution in [0.3, 0.4) is 0 Å². The highest BCUT2D eigenvalue weighted by Crippen LogP contribution is 2.32. The molecule has 0 N–H and O–H groups in total. The minimum absolute atomic E-state index is 0.0406. The Morgan fingerprint density at radius 1 is 1.30 bits per heavy atom. The van der Waals surface area contributed by atoms with E-state index in [1.54, 1.807) is 14.2 Å². The van der Waals surface area contributed by atoms with E-state index in [-0.39, 0.29) is 17.7 Å². The minimum atomic E-state index is -0.262. The average molecular weight is 286 g/mol. The molecule has 1 fully saturated rings. The second kappa shape index (κ2) is 7.27. The molecule has 0 aromatic heterocycles. The van der Waals surface area contributed by atoms with Gasteiger partial charge >= 0.3 is 6.03 Å². The molecule has 5 heteroatoms. The third kappa shape index (κ3) is 3.26. The second-order valence-corrected chi connectivity index (χ2v) is 6.03. The Bertz CT molecular complexity index is 322. The van der Waals surface area contributed by atoms with E-state index in [0.717, 1.165) is 19.5 Å². The number of hydrogen-bond donors (Lipinski definition) is 0. The van der Waals surface area contributed by atoms with Crippen molar-refractivity contribution in [3.05, 3.63) is 0 Å². The summed E-state index contributed by atoms with van der Waals surface area (Å²) in [5.74, 6) is 0.366. The highest BCUT2D eigenvalue weighted by molar-refractivity contribution is 5.77. The molecular weight excluding hydrogens is 256 g/mol. The van der Waals surface area contributed by atoms with Gasteiger partial charge in [0.1, 0.15) is 0 Å². The largest absolute Gasteiger partial charge is 0.383 e. The number of carbonyl (C=O) groups is 1. The second-order valence-electron chi connectivity index (χ2n) is 6.03. The summed E-state index contributed by atoms with van der Waals surface area (Å²) in [6.45, 7) is 11.3. The Hall–Kier alpha value is -0.810. The first kappa shape index (κ1) is 17.2. The van der Waals surface area contributed by atoms with E-state index in [0.29, 0.717) is 19.1 Å². The number of nitrogens with zero attached hydrogens (tertiary/aromatic N) is 2. The fourth-order valence-corrected chi connectivity index (χ4v) is 3.26. The predicted octanol–water partition coefficient (Wildman–Crippen LogP) is 2.21. The molecule has 0 saturated carbocycles. The van der Waals surface area contributed by atoms with Crippen molar-refractivity contribution in [3.8, 4) is 0 Å². The van der Waals surface area contributed by atoms with Gasteiger partial charge in [-0.2, -0.15) is 0 Å². The Balaban J connectivity index is 2.87. The topological polar surface area (TPSA) is 42.0 Å². The van der Waals surface area contributed by atoms with Crippen LogP contribution in [0.25, 0.3) is 0 Å². The van der Waals surface area contributed by atoms with Crippen LogP contribution in [0.5, 0.6) is 0 Å². The summed E-state index contributed by atoms with van der Waals surface area (Å²) in [5, 5.41) is 0. The van der Waals surface area contributed by atoms with Gasteiger partial charge in [-0.25, -0.2) is 4.79 Å². The number of carbonyl (C=O) groups excluding carboxylic acids is 1. The lowest BCUT2D eigenvalue weighted by atomic mass is 9.83. The maximum absolute atomic E-state index is 12.6.